The molecule has 0 radical (unpaired) electrons. The van der Waals surface area contributed by atoms with Crippen LogP contribution in [0.3, 0.4) is 0 Å². The molecule has 3 heterocycles. The molecule has 4 rings (SSSR count). The van der Waals surface area contributed by atoms with Crippen LogP contribution >= 0.6 is 11.8 Å². The molecule has 0 aromatic heterocycles. The van der Waals surface area contributed by atoms with E-state index in [9.17, 15) is 19.2 Å². The van der Waals surface area contributed by atoms with Crippen molar-refractivity contribution in [3.63, 3.8) is 0 Å². The monoisotopic (exact) mass is 403 g/mol. The SMILES string of the molecule is C[C@@H](OC(=O)[C@@H]1CS[C@@]2(C)CCC(=O)N12)C(=O)N1CC(=O)Nc2ccccc21. The summed E-state index contributed by atoms with van der Waals surface area (Å²) in [5, 5.41) is 2.72. The van der Waals surface area contributed by atoms with Crippen molar-refractivity contribution in [1.29, 1.82) is 0 Å². The molecular weight excluding hydrogens is 382 g/mol. The number of carbonyl (C=O) groups excluding carboxylic acids is 4. The fourth-order valence-electron chi connectivity index (χ4n) is 3.95. The van der Waals surface area contributed by atoms with E-state index in [4.69, 9.17) is 4.74 Å². The second kappa shape index (κ2) is 6.80. The van der Waals surface area contributed by atoms with E-state index in [0.29, 0.717) is 30.0 Å². The van der Waals surface area contributed by atoms with E-state index < -0.39 is 24.0 Å². The molecule has 9 heteroatoms. The Morgan fingerprint density at radius 3 is 2.86 bits per heavy atom. The number of rotatable bonds is 3. The van der Waals surface area contributed by atoms with Crippen molar-refractivity contribution >= 4 is 46.8 Å². The van der Waals surface area contributed by atoms with Crippen molar-refractivity contribution in [2.75, 3.05) is 22.5 Å². The van der Waals surface area contributed by atoms with Gasteiger partial charge in [-0.25, -0.2) is 4.79 Å². The molecule has 3 atom stereocenters. The van der Waals surface area contributed by atoms with Gasteiger partial charge < -0.3 is 15.0 Å². The Morgan fingerprint density at radius 2 is 2.07 bits per heavy atom. The van der Waals surface area contributed by atoms with E-state index in [2.05, 4.69) is 5.32 Å². The lowest BCUT2D eigenvalue weighted by Crippen LogP contribution is -2.50. The topological polar surface area (TPSA) is 96.0 Å². The predicted octanol–water partition coefficient (Wildman–Crippen LogP) is 1.36. The van der Waals surface area contributed by atoms with E-state index >= 15 is 0 Å². The quantitative estimate of drug-likeness (QED) is 0.766. The van der Waals surface area contributed by atoms with Gasteiger partial charge in [-0.15, -0.1) is 11.8 Å². The maximum Gasteiger partial charge on any atom is 0.330 e. The molecule has 0 saturated carbocycles. The molecule has 0 unspecified atom stereocenters. The van der Waals surface area contributed by atoms with Gasteiger partial charge in [0.1, 0.15) is 12.6 Å². The van der Waals surface area contributed by atoms with Crippen LogP contribution in [-0.4, -0.2) is 57.9 Å². The van der Waals surface area contributed by atoms with E-state index in [0.717, 1.165) is 0 Å². The first kappa shape index (κ1) is 18.8. The van der Waals surface area contributed by atoms with Crippen LogP contribution in [0.25, 0.3) is 0 Å². The highest BCUT2D eigenvalue weighted by Crippen LogP contribution is 2.47. The maximum atomic E-state index is 12.9. The minimum Gasteiger partial charge on any atom is -0.451 e. The molecule has 2 fully saturated rings. The molecule has 3 aliphatic rings. The molecule has 148 valence electrons. The summed E-state index contributed by atoms with van der Waals surface area (Å²) in [4.78, 5) is 52.3. The van der Waals surface area contributed by atoms with Gasteiger partial charge in [-0.2, -0.15) is 0 Å². The number of carbonyl (C=O) groups is 4. The Bertz CT molecular complexity index is 875. The highest BCUT2D eigenvalue weighted by atomic mass is 32.2. The second-order valence-electron chi connectivity index (χ2n) is 7.33. The Morgan fingerprint density at radius 1 is 1.32 bits per heavy atom. The summed E-state index contributed by atoms with van der Waals surface area (Å²) < 4.78 is 5.43. The normalized spacial score (nSPS) is 27.1. The molecule has 0 bridgehead atoms. The standard InChI is InChI=1S/C19H21N3O5S/c1-11(17(25)21-9-15(23)20-12-5-3-4-6-13(12)21)27-18(26)14-10-28-19(2)8-7-16(24)22(14)19/h3-6,11,14H,7-10H2,1-2H3,(H,20,23)/t11-,14+,19+/m1/s1. The van der Waals surface area contributed by atoms with Crippen LogP contribution in [0.5, 0.6) is 0 Å². The number of thioether (sulfide) groups is 1. The van der Waals surface area contributed by atoms with Crippen LogP contribution in [0, 0.1) is 0 Å². The number of hydrogen-bond acceptors (Lipinski definition) is 6. The molecule has 0 aliphatic carbocycles. The van der Waals surface area contributed by atoms with Crippen LogP contribution in [0.4, 0.5) is 11.4 Å². The lowest BCUT2D eigenvalue weighted by atomic mass is 10.1. The third-order valence-corrected chi connectivity index (χ3v) is 6.90. The fraction of sp³-hybridized carbons (Fsp3) is 0.474. The van der Waals surface area contributed by atoms with E-state index in [1.807, 2.05) is 6.92 Å². The van der Waals surface area contributed by atoms with Crippen LogP contribution in [0.15, 0.2) is 24.3 Å². The molecule has 1 aromatic carbocycles. The van der Waals surface area contributed by atoms with Crippen LogP contribution < -0.4 is 10.2 Å². The molecule has 8 nitrogen and oxygen atoms in total. The molecule has 1 N–H and O–H groups in total. The van der Waals surface area contributed by atoms with Gasteiger partial charge in [-0.05, 0) is 32.4 Å². The largest absolute Gasteiger partial charge is 0.451 e. The third-order valence-electron chi connectivity index (χ3n) is 5.39. The van der Waals surface area contributed by atoms with Crippen LogP contribution in [-0.2, 0) is 23.9 Å². The van der Waals surface area contributed by atoms with E-state index in [-0.39, 0.29) is 23.2 Å². The lowest BCUT2D eigenvalue weighted by molar-refractivity contribution is -0.160. The molecule has 3 amide bonds. The Hall–Kier alpha value is -2.55. The molecule has 2 saturated heterocycles. The smallest absolute Gasteiger partial charge is 0.330 e. The minimum atomic E-state index is -1.07. The number of para-hydroxylation sites is 2. The number of fused-ring (bicyclic) bond motifs is 2. The van der Waals surface area contributed by atoms with Crippen molar-refractivity contribution in [3.8, 4) is 0 Å². The molecular formula is C19H21N3O5S. The van der Waals surface area contributed by atoms with Crippen molar-refractivity contribution in [1.82, 2.24) is 4.90 Å². The first-order chi connectivity index (χ1) is 13.3. The van der Waals surface area contributed by atoms with Crippen molar-refractivity contribution in [2.45, 2.75) is 43.7 Å². The van der Waals surface area contributed by atoms with Gasteiger partial charge >= 0.3 is 5.97 Å². The third kappa shape index (κ3) is 3.03. The molecule has 0 spiro atoms. The van der Waals surface area contributed by atoms with E-state index in [1.165, 1.54) is 11.8 Å². The zero-order valence-corrected chi connectivity index (χ0v) is 16.5. The summed E-state index contributed by atoms with van der Waals surface area (Å²) in [6, 6.07) is 6.28. The fourth-order valence-corrected chi connectivity index (χ4v) is 5.36. The van der Waals surface area contributed by atoms with Gasteiger partial charge in [0.05, 0.1) is 16.2 Å². The highest BCUT2D eigenvalue weighted by molar-refractivity contribution is 8.01. The van der Waals surface area contributed by atoms with Gasteiger partial charge in [0.25, 0.3) is 5.91 Å². The predicted molar refractivity (Wildman–Crippen MR) is 104 cm³/mol. The number of nitrogens with one attached hydrogen (secondary N) is 1. The van der Waals surface area contributed by atoms with E-state index in [1.54, 1.807) is 40.9 Å². The van der Waals surface area contributed by atoms with Gasteiger partial charge in [0.2, 0.25) is 11.8 Å². The Balaban J connectivity index is 1.48. The summed E-state index contributed by atoms with van der Waals surface area (Å²) >= 11 is 1.57. The van der Waals surface area contributed by atoms with Crippen molar-refractivity contribution < 1.29 is 23.9 Å². The number of hydrogen-bond donors (Lipinski definition) is 1. The number of anilines is 2. The minimum absolute atomic E-state index is 0.0601. The van der Waals surface area contributed by atoms with Crippen molar-refractivity contribution in [3.05, 3.63) is 24.3 Å². The van der Waals surface area contributed by atoms with Gasteiger partial charge in [0, 0.05) is 12.2 Å². The first-order valence-corrected chi connectivity index (χ1v) is 10.2. The van der Waals surface area contributed by atoms with Crippen molar-refractivity contribution in [2.24, 2.45) is 0 Å². The zero-order valence-electron chi connectivity index (χ0n) is 15.6. The number of amides is 3. The summed E-state index contributed by atoms with van der Waals surface area (Å²) in [6.45, 7) is 3.30. The van der Waals surface area contributed by atoms with Crippen LogP contribution in [0.1, 0.15) is 26.7 Å². The average Bonchev–Trinajstić information content (AvgIpc) is 3.16. The summed E-state index contributed by atoms with van der Waals surface area (Å²) in [5.41, 5.74) is 1.10. The second-order valence-corrected chi connectivity index (χ2v) is 8.84. The van der Waals surface area contributed by atoms with Gasteiger partial charge in [0.15, 0.2) is 6.10 Å². The van der Waals surface area contributed by atoms with Gasteiger partial charge in [-0.1, -0.05) is 12.1 Å². The van der Waals surface area contributed by atoms with Crippen LogP contribution in [0.2, 0.25) is 0 Å². The zero-order chi connectivity index (χ0) is 20.1. The Kier molecular flexibility index (Phi) is 4.57. The maximum absolute atomic E-state index is 12.9. The molecule has 3 aliphatic heterocycles. The highest BCUT2D eigenvalue weighted by Gasteiger charge is 2.53. The summed E-state index contributed by atoms with van der Waals surface area (Å²) in [6.07, 6.45) is 0.0524. The molecule has 1 aromatic rings. The average molecular weight is 403 g/mol. The summed E-state index contributed by atoms with van der Waals surface area (Å²) in [5.74, 6) is -0.971. The van der Waals surface area contributed by atoms with Gasteiger partial charge in [-0.3, -0.25) is 19.3 Å². The Labute approximate surface area is 166 Å². The molecule has 28 heavy (non-hydrogen) atoms. The number of nitrogens with zero attached hydrogens (tertiary/aromatic N) is 2. The lowest BCUT2D eigenvalue weighted by Gasteiger charge is -2.32. The first-order valence-electron chi connectivity index (χ1n) is 9.17. The number of benzene rings is 1. The number of ether oxygens (including phenoxy) is 1. The summed E-state index contributed by atoms with van der Waals surface area (Å²) in [7, 11) is 0. The number of esters is 1.